The summed E-state index contributed by atoms with van der Waals surface area (Å²) in [5.74, 6) is 1.15. The van der Waals surface area contributed by atoms with E-state index in [9.17, 15) is 0 Å². The maximum absolute atomic E-state index is 5.87. The smallest absolute Gasteiger partial charge is 0.168 e. The zero-order valence-corrected chi connectivity index (χ0v) is 18.9. The van der Waals surface area contributed by atoms with E-state index < -0.39 is 8.07 Å². The van der Waals surface area contributed by atoms with Crippen LogP contribution >= 0.6 is 0 Å². The van der Waals surface area contributed by atoms with E-state index in [1.165, 1.54) is 5.56 Å². The van der Waals surface area contributed by atoms with Crippen LogP contribution in [0.5, 0.6) is 0 Å². The van der Waals surface area contributed by atoms with E-state index in [2.05, 4.69) is 54.1 Å². The van der Waals surface area contributed by atoms with Crippen molar-refractivity contribution in [3.05, 3.63) is 36.2 Å². The molecule has 1 spiro atoms. The number of benzene rings is 1. The van der Waals surface area contributed by atoms with Gasteiger partial charge in [-0.25, -0.2) is 0 Å². The first-order valence-electron chi connectivity index (χ1n) is 10.8. The summed E-state index contributed by atoms with van der Waals surface area (Å²) in [5.41, 5.74) is 2.47. The molecule has 7 heteroatoms. The van der Waals surface area contributed by atoms with Crippen molar-refractivity contribution in [1.82, 2.24) is 14.8 Å². The molecule has 1 saturated heterocycles. The van der Waals surface area contributed by atoms with E-state index in [-0.39, 0.29) is 5.79 Å². The van der Waals surface area contributed by atoms with Crippen LogP contribution in [0.2, 0.25) is 25.7 Å². The average Bonchev–Trinajstić information content (AvgIpc) is 3.35. The van der Waals surface area contributed by atoms with Gasteiger partial charge in [0.15, 0.2) is 11.6 Å². The summed E-state index contributed by atoms with van der Waals surface area (Å²) in [6.45, 7) is 9.86. The highest BCUT2D eigenvalue weighted by molar-refractivity contribution is 6.76. The lowest BCUT2D eigenvalue weighted by Gasteiger charge is -2.35. The zero-order valence-electron chi connectivity index (χ0n) is 17.9. The maximum Gasteiger partial charge on any atom is 0.168 e. The molecule has 2 aromatic rings. The van der Waals surface area contributed by atoms with Crippen LogP contribution in [-0.2, 0) is 20.9 Å². The van der Waals surface area contributed by atoms with Crippen LogP contribution in [0, 0.1) is 0 Å². The molecular formula is C22H33N3O3Si. The third kappa shape index (κ3) is 5.15. The molecule has 0 N–H and O–H groups in total. The van der Waals surface area contributed by atoms with Crippen molar-refractivity contribution in [2.45, 2.75) is 69.8 Å². The quantitative estimate of drug-likeness (QED) is 0.486. The molecule has 4 rings (SSSR count). The third-order valence-corrected chi connectivity index (χ3v) is 7.75. The van der Waals surface area contributed by atoms with Crippen LogP contribution in [0.4, 0.5) is 0 Å². The van der Waals surface area contributed by atoms with Gasteiger partial charge in [-0.3, -0.25) is 4.57 Å². The summed E-state index contributed by atoms with van der Waals surface area (Å²) < 4.78 is 19.6. The standard InChI is InChI=1S/C22H33N3O3Si/c1-29(2,3)15-14-26-17-25-16-23-24-21(25)20-6-4-18(5-7-20)19-8-10-22(11-9-19)27-12-13-28-22/h4-7,16,19H,8-15,17H2,1-3H3. The maximum atomic E-state index is 5.87. The van der Waals surface area contributed by atoms with Crippen molar-refractivity contribution in [2.24, 2.45) is 0 Å². The van der Waals surface area contributed by atoms with Crippen molar-refractivity contribution in [3.63, 3.8) is 0 Å². The van der Waals surface area contributed by atoms with Crippen LogP contribution in [0.25, 0.3) is 11.4 Å². The lowest BCUT2D eigenvalue weighted by atomic mass is 9.81. The van der Waals surface area contributed by atoms with Gasteiger partial charge in [0.1, 0.15) is 13.1 Å². The van der Waals surface area contributed by atoms with E-state index in [1.807, 2.05) is 4.57 Å². The molecule has 2 aliphatic rings. The Hall–Kier alpha value is -1.54. The fourth-order valence-corrected chi connectivity index (χ4v) is 4.95. The molecule has 1 aromatic heterocycles. The van der Waals surface area contributed by atoms with Crippen molar-refractivity contribution < 1.29 is 14.2 Å². The average molecular weight is 416 g/mol. The number of aromatic nitrogens is 3. The molecule has 0 atom stereocenters. The molecule has 6 nitrogen and oxygen atoms in total. The van der Waals surface area contributed by atoms with Crippen molar-refractivity contribution in [2.75, 3.05) is 19.8 Å². The first kappa shape index (κ1) is 20.7. The number of hydrogen-bond donors (Lipinski definition) is 0. The summed E-state index contributed by atoms with van der Waals surface area (Å²) in [4.78, 5) is 0. The normalized spacial score (nSPS) is 19.8. The van der Waals surface area contributed by atoms with E-state index in [0.717, 1.165) is 62.9 Å². The predicted octanol–water partition coefficient (Wildman–Crippen LogP) is 4.66. The van der Waals surface area contributed by atoms with Crippen molar-refractivity contribution in [1.29, 1.82) is 0 Å². The van der Waals surface area contributed by atoms with Crippen LogP contribution in [-0.4, -0.2) is 48.4 Å². The highest BCUT2D eigenvalue weighted by Gasteiger charge is 2.40. The topological polar surface area (TPSA) is 58.4 Å². The Labute approximate surface area is 174 Å². The lowest BCUT2D eigenvalue weighted by molar-refractivity contribution is -0.178. The van der Waals surface area contributed by atoms with E-state index in [4.69, 9.17) is 14.2 Å². The van der Waals surface area contributed by atoms with E-state index in [1.54, 1.807) is 6.33 Å². The SMILES string of the molecule is C[Si](C)(C)CCOCn1cnnc1-c1ccc(C2CCC3(CC2)OCCO3)cc1. The number of ether oxygens (including phenoxy) is 3. The number of rotatable bonds is 7. The number of nitrogens with zero attached hydrogens (tertiary/aromatic N) is 3. The Morgan fingerprint density at radius 1 is 1.10 bits per heavy atom. The molecule has 1 saturated carbocycles. The Kier molecular flexibility index (Phi) is 6.20. The summed E-state index contributed by atoms with van der Waals surface area (Å²) in [7, 11) is -1.07. The molecule has 0 amide bonds. The first-order chi connectivity index (χ1) is 13.9. The van der Waals surface area contributed by atoms with Gasteiger partial charge in [-0.1, -0.05) is 43.9 Å². The third-order valence-electron chi connectivity index (χ3n) is 6.04. The molecule has 2 heterocycles. The molecule has 1 aliphatic heterocycles. The van der Waals surface area contributed by atoms with Crippen LogP contribution in [0.3, 0.4) is 0 Å². The van der Waals surface area contributed by atoms with Crippen LogP contribution in [0.15, 0.2) is 30.6 Å². The first-order valence-corrected chi connectivity index (χ1v) is 14.5. The monoisotopic (exact) mass is 415 g/mol. The van der Waals surface area contributed by atoms with Crippen LogP contribution in [0.1, 0.15) is 37.2 Å². The molecule has 1 aromatic carbocycles. The molecule has 29 heavy (non-hydrogen) atoms. The highest BCUT2D eigenvalue weighted by Crippen LogP contribution is 2.42. The molecule has 158 valence electrons. The van der Waals surface area contributed by atoms with Crippen molar-refractivity contribution >= 4 is 8.07 Å². The van der Waals surface area contributed by atoms with Gasteiger partial charge in [-0.15, -0.1) is 10.2 Å². The van der Waals surface area contributed by atoms with Crippen LogP contribution < -0.4 is 0 Å². The molecule has 1 aliphatic carbocycles. The van der Waals surface area contributed by atoms with E-state index in [0.29, 0.717) is 12.6 Å². The van der Waals surface area contributed by atoms with Gasteiger partial charge in [0, 0.05) is 33.1 Å². The Morgan fingerprint density at radius 3 is 2.45 bits per heavy atom. The summed E-state index contributed by atoms with van der Waals surface area (Å²) in [6.07, 6.45) is 5.95. The van der Waals surface area contributed by atoms with Gasteiger partial charge in [0.2, 0.25) is 0 Å². The van der Waals surface area contributed by atoms with Gasteiger partial charge in [-0.2, -0.15) is 0 Å². The fourth-order valence-electron chi connectivity index (χ4n) is 4.20. The summed E-state index contributed by atoms with van der Waals surface area (Å²) >= 11 is 0. The second-order valence-corrected chi connectivity index (χ2v) is 15.1. The molecule has 0 bridgehead atoms. The van der Waals surface area contributed by atoms with Gasteiger partial charge in [0.05, 0.1) is 13.2 Å². The van der Waals surface area contributed by atoms with Gasteiger partial charge >= 0.3 is 0 Å². The summed E-state index contributed by atoms with van der Waals surface area (Å²) in [5, 5.41) is 8.41. The van der Waals surface area contributed by atoms with Gasteiger partial charge in [-0.05, 0) is 30.4 Å². The second kappa shape index (κ2) is 8.68. The van der Waals surface area contributed by atoms with Gasteiger partial charge < -0.3 is 14.2 Å². The molecule has 0 unspecified atom stereocenters. The largest absolute Gasteiger partial charge is 0.361 e. The fraction of sp³-hybridized carbons (Fsp3) is 0.636. The second-order valence-electron chi connectivity index (χ2n) is 9.48. The van der Waals surface area contributed by atoms with Gasteiger partial charge in [0.25, 0.3) is 0 Å². The number of hydrogen-bond acceptors (Lipinski definition) is 5. The molecule has 0 radical (unpaired) electrons. The Morgan fingerprint density at radius 2 is 1.79 bits per heavy atom. The lowest BCUT2D eigenvalue weighted by Crippen LogP contribution is -2.34. The Balaban J connectivity index is 1.34. The minimum absolute atomic E-state index is 0.289. The minimum atomic E-state index is -1.07. The zero-order chi connectivity index (χ0) is 20.3. The summed E-state index contributed by atoms with van der Waals surface area (Å²) in [6, 6.07) is 9.95. The minimum Gasteiger partial charge on any atom is -0.361 e. The van der Waals surface area contributed by atoms with Crippen molar-refractivity contribution in [3.8, 4) is 11.4 Å². The van der Waals surface area contributed by atoms with E-state index >= 15 is 0 Å². The Bertz CT molecular complexity index is 784. The predicted molar refractivity (Wildman–Crippen MR) is 115 cm³/mol. The molecule has 2 fully saturated rings. The molecular weight excluding hydrogens is 382 g/mol. The highest BCUT2D eigenvalue weighted by atomic mass is 28.3.